The monoisotopic (exact) mass is 333 g/mol. The van der Waals surface area contributed by atoms with Crippen LogP contribution in [0.25, 0.3) is 0 Å². The molecule has 24 heavy (non-hydrogen) atoms. The average Bonchev–Trinajstić information content (AvgIpc) is 2.53. The van der Waals surface area contributed by atoms with E-state index in [2.05, 4.69) is 18.0 Å². The van der Waals surface area contributed by atoms with Crippen LogP contribution in [0.2, 0.25) is 0 Å². The van der Waals surface area contributed by atoms with Gasteiger partial charge in [0.25, 0.3) is 0 Å². The molecule has 0 bridgehead atoms. The van der Waals surface area contributed by atoms with Gasteiger partial charge in [-0.3, -0.25) is 9.78 Å². The smallest absolute Gasteiger partial charge is 0.306 e. The zero-order valence-electron chi connectivity index (χ0n) is 15.7. The number of pyridine rings is 1. The normalized spacial score (nSPS) is 21.4. The van der Waals surface area contributed by atoms with Gasteiger partial charge in [0.2, 0.25) is 0 Å². The van der Waals surface area contributed by atoms with Crippen LogP contribution in [0.3, 0.4) is 0 Å². The van der Waals surface area contributed by atoms with Gasteiger partial charge in [-0.1, -0.05) is 6.92 Å². The molecule has 134 valence electrons. The molecular weight excluding hydrogens is 302 g/mol. The Morgan fingerprint density at radius 1 is 1.25 bits per heavy atom. The summed E-state index contributed by atoms with van der Waals surface area (Å²) in [7, 11) is 1.72. The molecule has 0 radical (unpaired) electrons. The number of rotatable bonds is 5. The maximum Gasteiger partial charge on any atom is 0.306 e. The molecule has 1 fully saturated rings. The lowest BCUT2D eigenvalue weighted by Gasteiger charge is -2.29. The molecule has 0 unspecified atom stereocenters. The topological polar surface area (TPSA) is 48.4 Å². The van der Waals surface area contributed by atoms with Crippen molar-refractivity contribution in [2.75, 3.05) is 7.11 Å². The summed E-state index contributed by atoms with van der Waals surface area (Å²) in [4.78, 5) is 16.6. The zero-order chi connectivity index (χ0) is 17.7. The van der Waals surface area contributed by atoms with Crippen LogP contribution in [0.5, 0.6) is 5.75 Å². The van der Waals surface area contributed by atoms with E-state index in [1.165, 1.54) is 0 Å². The number of methoxy groups -OCH3 is 1. The summed E-state index contributed by atoms with van der Waals surface area (Å²) >= 11 is 0. The van der Waals surface area contributed by atoms with Gasteiger partial charge in [-0.05, 0) is 58.8 Å². The Morgan fingerprint density at radius 2 is 1.92 bits per heavy atom. The SMILES string of the molecule is CCc1cnc(C2CCC(CC(=O)OC(C)(C)C)CC2)cc1OC. The average molecular weight is 333 g/mol. The Kier molecular flexibility index (Phi) is 6.25. The second-order valence-electron chi connectivity index (χ2n) is 7.78. The highest BCUT2D eigenvalue weighted by atomic mass is 16.6. The van der Waals surface area contributed by atoms with E-state index in [9.17, 15) is 4.79 Å². The number of carbonyl (C=O) groups is 1. The van der Waals surface area contributed by atoms with Crippen molar-refractivity contribution in [3.8, 4) is 5.75 Å². The van der Waals surface area contributed by atoms with Gasteiger partial charge in [-0.15, -0.1) is 0 Å². The van der Waals surface area contributed by atoms with E-state index < -0.39 is 5.60 Å². The Labute approximate surface area is 146 Å². The van der Waals surface area contributed by atoms with Crippen LogP contribution in [0.1, 0.15) is 77.0 Å². The van der Waals surface area contributed by atoms with Gasteiger partial charge in [0.1, 0.15) is 11.4 Å². The van der Waals surface area contributed by atoms with Gasteiger partial charge < -0.3 is 9.47 Å². The van der Waals surface area contributed by atoms with E-state index in [1.54, 1.807) is 7.11 Å². The molecule has 0 saturated heterocycles. The standard InChI is InChI=1S/C20H31NO3/c1-6-15-13-21-17(12-18(15)23-5)16-9-7-14(8-10-16)11-19(22)24-20(2,3)4/h12-14,16H,6-11H2,1-5H3. The van der Waals surface area contributed by atoms with Gasteiger partial charge in [0.15, 0.2) is 0 Å². The number of aromatic nitrogens is 1. The molecule has 0 N–H and O–H groups in total. The zero-order valence-corrected chi connectivity index (χ0v) is 15.7. The highest BCUT2D eigenvalue weighted by Gasteiger charge is 2.27. The van der Waals surface area contributed by atoms with Crippen molar-refractivity contribution in [3.63, 3.8) is 0 Å². The highest BCUT2D eigenvalue weighted by Crippen LogP contribution is 2.37. The molecule has 1 aromatic heterocycles. The van der Waals surface area contributed by atoms with Crippen molar-refractivity contribution in [2.24, 2.45) is 5.92 Å². The van der Waals surface area contributed by atoms with E-state index in [1.807, 2.05) is 27.0 Å². The molecule has 4 nitrogen and oxygen atoms in total. The third-order valence-electron chi connectivity index (χ3n) is 4.71. The maximum atomic E-state index is 12.0. The number of aryl methyl sites for hydroxylation is 1. The summed E-state index contributed by atoms with van der Waals surface area (Å²) in [5.74, 6) is 1.78. The number of nitrogens with zero attached hydrogens (tertiary/aromatic N) is 1. The fraction of sp³-hybridized carbons (Fsp3) is 0.700. The first-order chi connectivity index (χ1) is 11.3. The molecule has 1 heterocycles. The predicted octanol–water partition coefficient (Wildman–Crippen LogP) is 4.66. The largest absolute Gasteiger partial charge is 0.496 e. The fourth-order valence-electron chi connectivity index (χ4n) is 3.44. The number of hydrogen-bond acceptors (Lipinski definition) is 4. The van der Waals surface area contributed by atoms with Gasteiger partial charge >= 0.3 is 5.97 Å². The number of hydrogen-bond donors (Lipinski definition) is 0. The van der Waals surface area contributed by atoms with Crippen LogP contribution in [0.4, 0.5) is 0 Å². The second kappa shape index (κ2) is 8.00. The number of ether oxygens (including phenoxy) is 2. The van der Waals surface area contributed by atoms with Crippen LogP contribution in [0.15, 0.2) is 12.3 Å². The first-order valence-electron chi connectivity index (χ1n) is 9.07. The van der Waals surface area contributed by atoms with Crippen LogP contribution < -0.4 is 4.74 Å². The van der Waals surface area contributed by atoms with Crippen molar-refractivity contribution < 1.29 is 14.3 Å². The summed E-state index contributed by atoms with van der Waals surface area (Å²) in [6.45, 7) is 7.86. The lowest BCUT2D eigenvalue weighted by Crippen LogP contribution is -2.26. The minimum absolute atomic E-state index is 0.0713. The minimum atomic E-state index is -0.393. The van der Waals surface area contributed by atoms with Crippen LogP contribution in [-0.4, -0.2) is 23.7 Å². The molecule has 0 amide bonds. The lowest BCUT2D eigenvalue weighted by molar-refractivity contribution is -0.156. The molecular formula is C20H31NO3. The molecule has 1 saturated carbocycles. The van der Waals surface area contributed by atoms with Crippen molar-refractivity contribution in [3.05, 3.63) is 23.5 Å². The van der Waals surface area contributed by atoms with E-state index in [0.29, 0.717) is 18.3 Å². The van der Waals surface area contributed by atoms with E-state index in [0.717, 1.165) is 49.1 Å². The maximum absolute atomic E-state index is 12.0. The van der Waals surface area contributed by atoms with Gasteiger partial charge in [0.05, 0.1) is 7.11 Å². The fourth-order valence-corrected chi connectivity index (χ4v) is 3.44. The summed E-state index contributed by atoms with van der Waals surface area (Å²) < 4.78 is 10.9. The van der Waals surface area contributed by atoms with E-state index >= 15 is 0 Å². The molecule has 4 heteroatoms. The molecule has 0 atom stereocenters. The Bertz CT molecular complexity index is 554. The number of carbonyl (C=O) groups excluding carboxylic acids is 1. The molecule has 0 aliphatic heterocycles. The first kappa shape index (κ1) is 18.8. The third-order valence-corrected chi connectivity index (χ3v) is 4.71. The van der Waals surface area contributed by atoms with Gasteiger partial charge in [0, 0.05) is 35.9 Å². The highest BCUT2D eigenvalue weighted by molar-refractivity contribution is 5.70. The molecule has 0 aromatic carbocycles. The van der Waals surface area contributed by atoms with Crippen molar-refractivity contribution in [1.82, 2.24) is 4.98 Å². The van der Waals surface area contributed by atoms with Crippen LogP contribution in [0, 0.1) is 5.92 Å². The van der Waals surface area contributed by atoms with Crippen LogP contribution in [-0.2, 0) is 16.0 Å². The molecule has 0 spiro atoms. The quantitative estimate of drug-likeness (QED) is 0.735. The lowest BCUT2D eigenvalue weighted by atomic mass is 9.79. The predicted molar refractivity (Wildman–Crippen MR) is 95.3 cm³/mol. The minimum Gasteiger partial charge on any atom is -0.496 e. The molecule has 1 aliphatic carbocycles. The number of esters is 1. The summed E-state index contributed by atoms with van der Waals surface area (Å²) in [6.07, 6.45) is 7.69. The van der Waals surface area contributed by atoms with Crippen LogP contribution >= 0.6 is 0 Å². The van der Waals surface area contributed by atoms with E-state index in [-0.39, 0.29) is 5.97 Å². The van der Waals surface area contributed by atoms with Gasteiger partial charge in [-0.25, -0.2) is 0 Å². The first-order valence-corrected chi connectivity index (χ1v) is 9.07. The van der Waals surface area contributed by atoms with Gasteiger partial charge in [-0.2, -0.15) is 0 Å². The van der Waals surface area contributed by atoms with E-state index in [4.69, 9.17) is 9.47 Å². The Balaban J connectivity index is 1.90. The Morgan fingerprint density at radius 3 is 2.46 bits per heavy atom. The van der Waals surface area contributed by atoms with Crippen molar-refractivity contribution in [1.29, 1.82) is 0 Å². The molecule has 2 rings (SSSR count). The molecule has 1 aliphatic rings. The Hall–Kier alpha value is -1.58. The van der Waals surface area contributed by atoms with Crippen molar-refractivity contribution in [2.45, 2.75) is 77.7 Å². The summed E-state index contributed by atoms with van der Waals surface area (Å²) in [5, 5.41) is 0. The summed E-state index contributed by atoms with van der Waals surface area (Å²) in [5.41, 5.74) is 1.88. The molecule has 1 aromatic rings. The third kappa shape index (κ3) is 5.22. The van der Waals surface area contributed by atoms with Crippen molar-refractivity contribution >= 4 is 5.97 Å². The summed E-state index contributed by atoms with van der Waals surface area (Å²) in [6, 6.07) is 2.09. The second-order valence-corrected chi connectivity index (χ2v) is 7.78.